The summed E-state index contributed by atoms with van der Waals surface area (Å²) in [4.78, 5) is 16.3. The number of pyridine rings is 1. The quantitative estimate of drug-likeness (QED) is 0.714. The van der Waals surface area contributed by atoms with Gasteiger partial charge in [-0.25, -0.2) is 0 Å². The van der Waals surface area contributed by atoms with Crippen LogP contribution in [0.1, 0.15) is 23.7 Å². The van der Waals surface area contributed by atoms with E-state index in [2.05, 4.69) is 11.9 Å². The number of fused-ring (bicyclic) bond motifs is 1. The molecule has 1 fully saturated rings. The van der Waals surface area contributed by atoms with Gasteiger partial charge in [-0.2, -0.15) is 0 Å². The van der Waals surface area contributed by atoms with Gasteiger partial charge >= 0.3 is 0 Å². The van der Waals surface area contributed by atoms with Gasteiger partial charge in [0.1, 0.15) is 0 Å². The van der Waals surface area contributed by atoms with Crippen molar-refractivity contribution in [3.63, 3.8) is 0 Å². The van der Waals surface area contributed by atoms with Gasteiger partial charge in [0.05, 0.1) is 0 Å². The number of carbonyl (C=O) groups excluding carboxylic acids is 1. The van der Waals surface area contributed by atoms with Crippen molar-refractivity contribution in [1.29, 1.82) is 0 Å². The van der Waals surface area contributed by atoms with Gasteiger partial charge < -0.3 is 0 Å². The van der Waals surface area contributed by atoms with Crippen molar-refractivity contribution in [3.05, 3.63) is 42.2 Å². The standard InChI is InChI=1S/C14H13NO/c1-9-7-13(9)14(16)12-4-2-3-10-8-15-6-5-11(10)12/h2-6,8-9,13H,7H2,1H3. The number of nitrogens with zero attached hydrogens (tertiary/aromatic N) is 1. The fraction of sp³-hybridized carbons (Fsp3) is 0.286. The molecule has 2 unspecified atom stereocenters. The third kappa shape index (κ3) is 1.42. The molecule has 1 saturated carbocycles. The van der Waals surface area contributed by atoms with Gasteiger partial charge in [0.15, 0.2) is 5.78 Å². The van der Waals surface area contributed by atoms with Gasteiger partial charge in [-0.1, -0.05) is 25.1 Å². The highest BCUT2D eigenvalue weighted by molar-refractivity contribution is 6.09. The molecule has 0 amide bonds. The van der Waals surface area contributed by atoms with E-state index < -0.39 is 0 Å². The Morgan fingerprint density at radius 2 is 2.19 bits per heavy atom. The van der Waals surface area contributed by atoms with Crippen LogP contribution >= 0.6 is 0 Å². The van der Waals surface area contributed by atoms with Crippen LogP contribution in [-0.4, -0.2) is 10.8 Å². The molecule has 2 nitrogen and oxygen atoms in total. The van der Waals surface area contributed by atoms with Crippen molar-refractivity contribution < 1.29 is 4.79 Å². The maximum atomic E-state index is 12.2. The second-order valence-corrected chi connectivity index (χ2v) is 4.59. The number of hydrogen-bond donors (Lipinski definition) is 0. The Labute approximate surface area is 94.3 Å². The molecule has 1 aliphatic carbocycles. The second kappa shape index (κ2) is 3.41. The maximum Gasteiger partial charge on any atom is 0.166 e. The molecule has 1 heterocycles. The van der Waals surface area contributed by atoms with Gasteiger partial charge in [0.25, 0.3) is 0 Å². The molecular formula is C14H13NO. The van der Waals surface area contributed by atoms with E-state index >= 15 is 0 Å². The Bertz CT molecular complexity index is 556. The van der Waals surface area contributed by atoms with E-state index in [1.54, 1.807) is 6.20 Å². The van der Waals surface area contributed by atoms with Crippen molar-refractivity contribution in [3.8, 4) is 0 Å². The highest BCUT2D eigenvalue weighted by atomic mass is 16.1. The highest BCUT2D eigenvalue weighted by Gasteiger charge is 2.39. The molecule has 80 valence electrons. The summed E-state index contributed by atoms with van der Waals surface area (Å²) in [5.74, 6) is 1.10. The fourth-order valence-electron chi connectivity index (χ4n) is 2.22. The molecule has 1 aliphatic rings. The third-order valence-electron chi connectivity index (χ3n) is 3.39. The summed E-state index contributed by atoms with van der Waals surface area (Å²) in [7, 11) is 0. The Balaban J connectivity index is 2.13. The minimum atomic E-state index is 0.249. The summed E-state index contributed by atoms with van der Waals surface area (Å²) in [5.41, 5.74) is 0.856. The Hall–Kier alpha value is -1.70. The van der Waals surface area contributed by atoms with E-state index in [1.807, 2.05) is 30.5 Å². The number of rotatable bonds is 2. The first-order chi connectivity index (χ1) is 7.77. The number of ketones is 1. The smallest absolute Gasteiger partial charge is 0.166 e. The van der Waals surface area contributed by atoms with E-state index in [9.17, 15) is 4.79 Å². The molecular weight excluding hydrogens is 198 g/mol. The molecule has 2 atom stereocenters. The van der Waals surface area contributed by atoms with Crippen LogP contribution in [0.25, 0.3) is 10.8 Å². The van der Waals surface area contributed by atoms with E-state index in [1.165, 1.54) is 0 Å². The van der Waals surface area contributed by atoms with Crippen LogP contribution in [0, 0.1) is 11.8 Å². The van der Waals surface area contributed by atoms with Gasteiger partial charge in [0.2, 0.25) is 0 Å². The van der Waals surface area contributed by atoms with Crippen molar-refractivity contribution in [2.24, 2.45) is 11.8 Å². The van der Waals surface area contributed by atoms with Crippen LogP contribution < -0.4 is 0 Å². The molecule has 16 heavy (non-hydrogen) atoms. The van der Waals surface area contributed by atoms with E-state index in [0.29, 0.717) is 11.7 Å². The maximum absolute atomic E-state index is 12.2. The molecule has 0 saturated heterocycles. The van der Waals surface area contributed by atoms with Gasteiger partial charge in [0, 0.05) is 29.3 Å². The summed E-state index contributed by atoms with van der Waals surface area (Å²) < 4.78 is 0. The molecule has 0 bridgehead atoms. The average Bonchev–Trinajstić information content (AvgIpc) is 3.05. The average molecular weight is 211 g/mol. The van der Waals surface area contributed by atoms with Crippen LogP contribution in [-0.2, 0) is 0 Å². The van der Waals surface area contributed by atoms with Crippen molar-refractivity contribution >= 4 is 16.6 Å². The molecule has 0 N–H and O–H groups in total. The summed E-state index contributed by atoms with van der Waals surface area (Å²) >= 11 is 0. The lowest BCUT2D eigenvalue weighted by atomic mass is 10.00. The summed E-state index contributed by atoms with van der Waals surface area (Å²) in [6.45, 7) is 2.13. The van der Waals surface area contributed by atoms with Crippen molar-refractivity contribution in [2.75, 3.05) is 0 Å². The lowest BCUT2D eigenvalue weighted by Crippen LogP contribution is -2.03. The lowest BCUT2D eigenvalue weighted by molar-refractivity contribution is 0.0964. The van der Waals surface area contributed by atoms with E-state index in [4.69, 9.17) is 0 Å². The zero-order valence-electron chi connectivity index (χ0n) is 9.18. The molecule has 0 aliphatic heterocycles. The minimum Gasteiger partial charge on any atom is -0.294 e. The predicted octanol–water partition coefficient (Wildman–Crippen LogP) is 3.07. The topological polar surface area (TPSA) is 30.0 Å². The molecule has 2 aromatic rings. The van der Waals surface area contributed by atoms with Crippen LogP contribution in [0.3, 0.4) is 0 Å². The molecule has 1 aromatic heterocycles. The number of carbonyl (C=O) groups is 1. The van der Waals surface area contributed by atoms with Crippen LogP contribution in [0.4, 0.5) is 0 Å². The zero-order chi connectivity index (χ0) is 11.1. The molecule has 2 heteroatoms. The number of aromatic nitrogens is 1. The first-order valence-corrected chi connectivity index (χ1v) is 5.64. The molecule has 3 rings (SSSR count). The van der Waals surface area contributed by atoms with Crippen molar-refractivity contribution in [2.45, 2.75) is 13.3 Å². The van der Waals surface area contributed by atoms with Crippen LogP contribution in [0.5, 0.6) is 0 Å². The summed E-state index contributed by atoms with van der Waals surface area (Å²) in [6, 6.07) is 7.78. The predicted molar refractivity (Wildman–Crippen MR) is 63.3 cm³/mol. The van der Waals surface area contributed by atoms with E-state index in [-0.39, 0.29) is 5.92 Å². The van der Waals surface area contributed by atoms with Gasteiger partial charge in [-0.15, -0.1) is 0 Å². The molecule has 0 radical (unpaired) electrons. The summed E-state index contributed by atoms with van der Waals surface area (Å²) in [6.07, 6.45) is 4.60. The first kappa shape index (κ1) is 9.52. The zero-order valence-corrected chi connectivity index (χ0v) is 9.18. The number of hydrogen-bond acceptors (Lipinski definition) is 2. The largest absolute Gasteiger partial charge is 0.294 e. The number of Topliss-reactive ketones (excluding diaryl/α,β-unsaturated/α-hetero) is 1. The Morgan fingerprint density at radius 3 is 2.94 bits per heavy atom. The third-order valence-corrected chi connectivity index (χ3v) is 3.39. The monoisotopic (exact) mass is 211 g/mol. The van der Waals surface area contributed by atoms with Crippen molar-refractivity contribution in [1.82, 2.24) is 4.98 Å². The number of benzene rings is 1. The first-order valence-electron chi connectivity index (χ1n) is 5.64. The SMILES string of the molecule is CC1CC1C(=O)c1cccc2cnccc12. The molecule has 0 spiro atoms. The van der Waals surface area contributed by atoms with Gasteiger partial charge in [-0.05, 0) is 23.8 Å². The lowest BCUT2D eigenvalue weighted by Gasteiger charge is -2.04. The minimum absolute atomic E-state index is 0.249. The fourth-order valence-corrected chi connectivity index (χ4v) is 2.22. The highest BCUT2D eigenvalue weighted by Crippen LogP contribution is 2.41. The second-order valence-electron chi connectivity index (χ2n) is 4.59. The van der Waals surface area contributed by atoms with E-state index in [0.717, 1.165) is 22.8 Å². The van der Waals surface area contributed by atoms with Gasteiger partial charge in [-0.3, -0.25) is 9.78 Å². The Kier molecular flexibility index (Phi) is 2.03. The van der Waals surface area contributed by atoms with Crippen LogP contribution in [0.2, 0.25) is 0 Å². The summed E-state index contributed by atoms with van der Waals surface area (Å²) in [5, 5.41) is 2.07. The van der Waals surface area contributed by atoms with Crippen LogP contribution in [0.15, 0.2) is 36.7 Å². The molecule has 1 aromatic carbocycles. The normalized spacial score (nSPS) is 23.3. The Morgan fingerprint density at radius 1 is 1.38 bits per heavy atom.